The van der Waals surface area contributed by atoms with Crippen molar-refractivity contribution in [1.82, 2.24) is 4.90 Å². The predicted molar refractivity (Wildman–Crippen MR) is 103 cm³/mol. The van der Waals surface area contributed by atoms with Crippen molar-refractivity contribution < 1.29 is 19.1 Å². The van der Waals surface area contributed by atoms with Gasteiger partial charge in [-0.1, -0.05) is 18.2 Å². The molecule has 1 N–H and O–H groups in total. The van der Waals surface area contributed by atoms with E-state index >= 15 is 0 Å². The highest BCUT2D eigenvalue weighted by atomic mass is 16.5. The molecule has 0 spiro atoms. The van der Waals surface area contributed by atoms with Gasteiger partial charge in [0.25, 0.3) is 0 Å². The minimum atomic E-state index is -0.685. The Morgan fingerprint density at radius 1 is 0.926 bits per heavy atom. The average molecular weight is 369 g/mol. The molecule has 1 aliphatic rings. The SMILES string of the molecule is COc1ccc(OC)c(NC(=O)C(=O)N2CCN(c3ccccc3)CC2)c1. The van der Waals surface area contributed by atoms with Gasteiger partial charge in [-0.2, -0.15) is 0 Å². The molecule has 142 valence electrons. The van der Waals surface area contributed by atoms with E-state index in [0.29, 0.717) is 43.4 Å². The number of rotatable bonds is 4. The van der Waals surface area contributed by atoms with Crippen molar-refractivity contribution in [2.45, 2.75) is 0 Å². The smallest absolute Gasteiger partial charge is 0.314 e. The standard InChI is InChI=1S/C20H23N3O4/c1-26-16-8-9-18(27-2)17(14-16)21-19(24)20(25)23-12-10-22(11-13-23)15-6-4-3-5-7-15/h3-9,14H,10-13H2,1-2H3,(H,21,24). The van der Waals surface area contributed by atoms with Crippen LogP contribution in [0, 0.1) is 0 Å². The Bertz CT molecular complexity index is 802. The highest BCUT2D eigenvalue weighted by Crippen LogP contribution is 2.29. The molecule has 7 heteroatoms. The van der Waals surface area contributed by atoms with Crippen molar-refractivity contribution in [1.29, 1.82) is 0 Å². The molecule has 2 amide bonds. The lowest BCUT2D eigenvalue weighted by Crippen LogP contribution is -2.51. The Balaban J connectivity index is 1.61. The van der Waals surface area contributed by atoms with Gasteiger partial charge in [-0.25, -0.2) is 0 Å². The number of carbonyl (C=O) groups excluding carboxylic acids is 2. The van der Waals surface area contributed by atoms with Crippen molar-refractivity contribution in [3.05, 3.63) is 48.5 Å². The summed E-state index contributed by atoms with van der Waals surface area (Å²) >= 11 is 0. The summed E-state index contributed by atoms with van der Waals surface area (Å²) in [5, 5.41) is 2.63. The van der Waals surface area contributed by atoms with E-state index in [2.05, 4.69) is 10.2 Å². The highest BCUT2D eigenvalue weighted by Gasteiger charge is 2.26. The Hall–Kier alpha value is -3.22. The number of anilines is 2. The van der Waals surface area contributed by atoms with Gasteiger partial charge < -0.3 is 24.6 Å². The van der Waals surface area contributed by atoms with E-state index in [1.165, 1.54) is 14.2 Å². The summed E-state index contributed by atoms with van der Waals surface area (Å²) < 4.78 is 10.4. The molecule has 2 aromatic rings. The maximum atomic E-state index is 12.5. The van der Waals surface area contributed by atoms with Crippen molar-refractivity contribution in [3.63, 3.8) is 0 Å². The fourth-order valence-electron chi connectivity index (χ4n) is 3.04. The normalized spacial score (nSPS) is 13.9. The molecule has 0 saturated carbocycles. The van der Waals surface area contributed by atoms with Crippen LogP contribution in [0.15, 0.2) is 48.5 Å². The van der Waals surface area contributed by atoms with Crippen LogP contribution in [0.5, 0.6) is 11.5 Å². The molecule has 0 atom stereocenters. The third-order valence-corrected chi connectivity index (χ3v) is 4.54. The monoisotopic (exact) mass is 369 g/mol. The molecule has 0 aliphatic carbocycles. The lowest BCUT2D eigenvalue weighted by atomic mass is 10.2. The molecular weight excluding hydrogens is 346 g/mol. The highest BCUT2D eigenvalue weighted by molar-refractivity contribution is 6.39. The summed E-state index contributed by atoms with van der Waals surface area (Å²) in [6, 6.07) is 15.1. The van der Waals surface area contributed by atoms with Crippen LogP contribution in [0.1, 0.15) is 0 Å². The van der Waals surface area contributed by atoms with Gasteiger partial charge in [-0.05, 0) is 24.3 Å². The molecule has 3 rings (SSSR count). The number of carbonyl (C=O) groups is 2. The molecule has 7 nitrogen and oxygen atoms in total. The quantitative estimate of drug-likeness (QED) is 0.835. The first kappa shape index (κ1) is 18.6. The molecule has 1 saturated heterocycles. The van der Waals surface area contributed by atoms with Crippen molar-refractivity contribution >= 4 is 23.2 Å². The fourth-order valence-corrected chi connectivity index (χ4v) is 3.04. The van der Waals surface area contributed by atoms with Crippen LogP contribution in [0.3, 0.4) is 0 Å². The minimum absolute atomic E-state index is 0.401. The van der Waals surface area contributed by atoms with Gasteiger partial charge >= 0.3 is 11.8 Å². The number of methoxy groups -OCH3 is 2. The second kappa shape index (κ2) is 8.44. The maximum Gasteiger partial charge on any atom is 0.314 e. The number of nitrogens with zero attached hydrogens (tertiary/aromatic N) is 2. The summed E-state index contributed by atoms with van der Waals surface area (Å²) in [4.78, 5) is 28.7. The van der Waals surface area contributed by atoms with E-state index in [-0.39, 0.29) is 0 Å². The van der Waals surface area contributed by atoms with Gasteiger partial charge in [0.1, 0.15) is 11.5 Å². The summed E-state index contributed by atoms with van der Waals surface area (Å²) in [6.07, 6.45) is 0. The van der Waals surface area contributed by atoms with Crippen molar-refractivity contribution in [2.75, 3.05) is 50.6 Å². The summed E-state index contributed by atoms with van der Waals surface area (Å²) in [5.41, 5.74) is 1.52. The number of para-hydroxylation sites is 1. The predicted octanol–water partition coefficient (Wildman–Crippen LogP) is 1.99. The molecule has 0 radical (unpaired) electrons. The number of amides is 2. The lowest BCUT2D eigenvalue weighted by Gasteiger charge is -2.35. The third-order valence-electron chi connectivity index (χ3n) is 4.54. The Morgan fingerprint density at radius 3 is 2.26 bits per heavy atom. The molecule has 1 aliphatic heterocycles. The topological polar surface area (TPSA) is 71.1 Å². The van der Waals surface area contributed by atoms with Gasteiger partial charge in [0.05, 0.1) is 19.9 Å². The van der Waals surface area contributed by atoms with Gasteiger partial charge in [0, 0.05) is 37.9 Å². The van der Waals surface area contributed by atoms with Crippen LogP contribution in [0.2, 0.25) is 0 Å². The molecule has 0 bridgehead atoms. The zero-order valence-electron chi connectivity index (χ0n) is 15.5. The number of benzene rings is 2. The first-order valence-corrected chi connectivity index (χ1v) is 8.74. The Labute approximate surface area is 158 Å². The molecule has 0 unspecified atom stereocenters. The molecule has 27 heavy (non-hydrogen) atoms. The van der Waals surface area contributed by atoms with Gasteiger partial charge in [-0.3, -0.25) is 9.59 Å². The van der Waals surface area contributed by atoms with Gasteiger partial charge in [0.2, 0.25) is 0 Å². The van der Waals surface area contributed by atoms with Crippen LogP contribution in [0.4, 0.5) is 11.4 Å². The van der Waals surface area contributed by atoms with Crippen molar-refractivity contribution in [3.8, 4) is 11.5 Å². The molecular formula is C20H23N3O4. The zero-order chi connectivity index (χ0) is 19.2. The fraction of sp³-hybridized carbons (Fsp3) is 0.300. The Kier molecular flexibility index (Phi) is 5.80. The second-order valence-corrected chi connectivity index (χ2v) is 6.14. The number of ether oxygens (including phenoxy) is 2. The first-order chi connectivity index (χ1) is 13.1. The van der Waals surface area contributed by atoms with Crippen LogP contribution in [-0.2, 0) is 9.59 Å². The number of hydrogen-bond acceptors (Lipinski definition) is 5. The molecule has 0 aromatic heterocycles. The Morgan fingerprint density at radius 2 is 1.63 bits per heavy atom. The largest absolute Gasteiger partial charge is 0.497 e. The van der Waals surface area contributed by atoms with Gasteiger partial charge in [-0.15, -0.1) is 0 Å². The van der Waals surface area contributed by atoms with Crippen molar-refractivity contribution in [2.24, 2.45) is 0 Å². The number of hydrogen-bond donors (Lipinski definition) is 1. The summed E-state index contributed by atoms with van der Waals surface area (Å²) in [5.74, 6) is -0.205. The van der Waals surface area contributed by atoms with Crippen LogP contribution < -0.4 is 19.7 Å². The molecule has 1 heterocycles. The molecule has 1 fully saturated rings. The summed E-state index contributed by atoms with van der Waals surface area (Å²) in [6.45, 7) is 2.36. The van der Waals surface area contributed by atoms with E-state index in [4.69, 9.17) is 9.47 Å². The number of nitrogens with one attached hydrogen (secondary N) is 1. The summed E-state index contributed by atoms with van der Waals surface area (Å²) in [7, 11) is 3.03. The van der Waals surface area contributed by atoms with Crippen LogP contribution >= 0.6 is 0 Å². The zero-order valence-corrected chi connectivity index (χ0v) is 15.5. The number of piperazine rings is 1. The second-order valence-electron chi connectivity index (χ2n) is 6.14. The molecule has 2 aromatic carbocycles. The van der Waals surface area contributed by atoms with E-state index in [1.807, 2.05) is 30.3 Å². The van der Waals surface area contributed by atoms with Crippen LogP contribution in [0.25, 0.3) is 0 Å². The van der Waals surface area contributed by atoms with E-state index in [9.17, 15) is 9.59 Å². The van der Waals surface area contributed by atoms with E-state index in [1.54, 1.807) is 23.1 Å². The van der Waals surface area contributed by atoms with Gasteiger partial charge in [0.15, 0.2) is 0 Å². The maximum absolute atomic E-state index is 12.5. The first-order valence-electron chi connectivity index (χ1n) is 8.74. The lowest BCUT2D eigenvalue weighted by molar-refractivity contribution is -0.143. The van der Waals surface area contributed by atoms with E-state index in [0.717, 1.165) is 5.69 Å². The third kappa shape index (κ3) is 4.31. The average Bonchev–Trinajstić information content (AvgIpc) is 2.73. The van der Waals surface area contributed by atoms with E-state index < -0.39 is 11.8 Å². The minimum Gasteiger partial charge on any atom is -0.497 e. The van der Waals surface area contributed by atoms with Crippen LogP contribution in [-0.4, -0.2) is 57.1 Å².